The van der Waals surface area contributed by atoms with Crippen molar-refractivity contribution < 1.29 is 24.2 Å². The molecule has 0 heterocycles. The first-order valence-electron chi connectivity index (χ1n) is 8.46. The largest absolute Gasteiger partial charge is 0.507 e. The van der Waals surface area contributed by atoms with Crippen molar-refractivity contribution in [2.75, 3.05) is 0 Å². The first-order valence-corrected chi connectivity index (χ1v) is 8.84. The number of benzene rings is 3. The predicted molar refractivity (Wildman–Crippen MR) is 108 cm³/mol. The van der Waals surface area contributed by atoms with Crippen LogP contribution in [-0.2, 0) is 4.79 Å². The van der Waals surface area contributed by atoms with Gasteiger partial charge in [0.25, 0.3) is 5.91 Å². The summed E-state index contributed by atoms with van der Waals surface area (Å²) in [6.07, 6.45) is 1.13. The minimum atomic E-state index is -1.42. The lowest BCUT2D eigenvalue weighted by atomic mass is 10.0. The third-order valence-electron chi connectivity index (χ3n) is 4.11. The number of halogens is 2. The normalized spacial score (nSPS) is 11.2. The highest BCUT2D eigenvalue weighted by Crippen LogP contribution is 2.34. The molecule has 0 unspecified atom stereocenters. The van der Waals surface area contributed by atoms with Crippen LogP contribution < -0.4 is 5.32 Å². The van der Waals surface area contributed by atoms with Crippen LogP contribution in [0.25, 0.3) is 17.2 Å². The van der Waals surface area contributed by atoms with Gasteiger partial charge in [0.1, 0.15) is 17.3 Å². The summed E-state index contributed by atoms with van der Waals surface area (Å²) in [5, 5.41) is 21.5. The van der Waals surface area contributed by atoms with Crippen molar-refractivity contribution in [3.8, 4) is 16.9 Å². The molecule has 5 nitrogen and oxygen atoms in total. The molecule has 0 atom stereocenters. The highest BCUT2D eigenvalue weighted by atomic mass is 35.5. The molecule has 3 aromatic rings. The van der Waals surface area contributed by atoms with E-state index in [9.17, 15) is 24.2 Å². The lowest BCUT2D eigenvalue weighted by Crippen LogP contribution is -2.27. The van der Waals surface area contributed by atoms with E-state index in [2.05, 4.69) is 5.32 Å². The molecule has 3 N–H and O–H groups in total. The lowest BCUT2D eigenvalue weighted by molar-refractivity contribution is -0.132. The number of para-hydroxylation sites is 1. The summed E-state index contributed by atoms with van der Waals surface area (Å²) in [6, 6.07) is 16.8. The molecule has 0 aromatic heterocycles. The number of hydrogen-bond acceptors (Lipinski definition) is 3. The standard InChI is InChI=1S/C22H15ClFNO4/c23-20-14(10-11-16(24)19(20)13-6-2-1-3-7-13)12-17(22(28)29)25-21(27)15-8-4-5-9-18(15)26/h1-12,26H,(H,25,27)(H,28,29)/b17-12-. The van der Waals surface area contributed by atoms with E-state index in [1.807, 2.05) is 0 Å². The molecular weight excluding hydrogens is 397 g/mol. The molecule has 0 aliphatic heterocycles. The molecule has 3 rings (SSSR count). The molecule has 0 bridgehead atoms. The number of hydrogen-bond donors (Lipinski definition) is 3. The van der Waals surface area contributed by atoms with Crippen LogP contribution in [0.1, 0.15) is 15.9 Å². The maximum Gasteiger partial charge on any atom is 0.352 e. The minimum absolute atomic E-state index is 0.00626. The SMILES string of the molecule is O=C(O)/C(=C/c1ccc(F)c(-c2ccccc2)c1Cl)NC(=O)c1ccccc1O. The van der Waals surface area contributed by atoms with E-state index >= 15 is 0 Å². The van der Waals surface area contributed by atoms with Gasteiger partial charge in [-0.15, -0.1) is 0 Å². The van der Waals surface area contributed by atoms with Gasteiger partial charge in [-0.05, 0) is 35.4 Å². The molecule has 0 radical (unpaired) electrons. The average molecular weight is 412 g/mol. The van der Waals surface area contributed by atoms with Gasteiger partial charge < -0.3 is 15.5 Å². The fraction of sp³-hybridized carbons (Fsp3) is 0. The van der Waals surface area contributed by atoms with Gasteiger partial charge in [-0.3, -0.25) is 4.79 Å². The zero-order chi connectivity index (χ0) is 21.0. The van der Waals surface area contributed by atoms with Crippen molar-refractivity contribution >= 4 is 29.6 Å². The van der Waals surface area contributed by atoms with Crippen LogP contribution in [0, 0.1) is 5.82 Å². The number of phenolic OH excluding ortho intramolecular Hbond substituents is 1. The number of rotatable bonds is 5. The summed E-state index contributed by atoms with van der Waals surface area (Å²) in [6.45, 7) is 0. The molecule has 0 spiro atoms. The number of carboxylic acids is 1. The molecule has 3 aromatic carbocycles. The van der Waals surface area contributed by atoms with Crippen molar-refractivity contribution in [1.82, 2.24) is 5.32 Å². The third-order valence-corrected chi connectivity index (χ3v) is 4.52. The topological polar surface area (TPSA) is 86.6 Å². The van der Waals surface area contributed by atoms with Gasteiger partial charge in [0, 0.05) is 5.56 Å². The van der Waals surface area contributed by atoms with Gasteiger partial charge in [-0.25, -0.2) is 9.18 Å². The highest BCUT2D eigenvalue weighted by molar-refractivity contribution is 6.35. The molecule has 29 heavy (non-hydrogen) atoms. The Hall–Kier alpha value is -3.64. The second-order valence-electron chi connectivity index (χ2n) is 6.03. The number of phenols is 1. The van der Waals surface area contributed by atoms with Crippen molar-refractivity contribution in [3.05, 3.63) is 94.4 Å². The summed E-state index contributed by atoms with van der Waals surface area (Å²) in [7, 11) is 0. The van der Waals surface area contributed by atoms with Gasteiger partial charge in [0.2, 0.25) is 0 Å². The Labute approximate surface area is 170 Å². The van der Waals surface area contributed by atoms with Gasteiger partial charge in [0.05, 0.1) is 10.6 Å². The minimum Gasteiger partial charge on any atom is -0.507 e. The van der Waals surface area contributed by atoms with E-state index < -0.39 is 23.4 Å². The first kappa shape index (κ1) is 20.1. The monoisotopic (exact) mass is 411 g/mol. The summed E-state index contributed by atoms with van der Waals surface area (Å²) in [5.74, 6) is -3.08. The van der Waals surface area contributed by atoms with Gasteiger partial charge >= 0.3 is 5.97 Å². The second-order valence-corrected chi connectivity index (χ2v) is 6.40. The van der Waals surface area contributed by atoms with E-state index in [4.69, 9.17) is 11.6 Å². The number of aromatic hydroxyl groups is 1. The Balaban J connectivity index is 2.01. The first-order chi connectivity index (χ1) is 13.9. The molecular formula is C22H15ClFNO4. The molecule has 7 heteroatoms. The number of nitrogens with one attached hydrogen (secondary N) is 1. The van der Waals surface area contributed by atoms with Gasteiger partial charge in [-0.1, -0.05) is 60.1 Å². The maximum absolute atomic E-state index is 14.4. The summed E-state index contributed by atoms with van der Waals surface area (Å²) < 4.78 is 14.4. The smallest absolute Gasteiger partial charge is 0.352 e. The molecule has 0 fully saturated rings. The molecule has 0 saturated carbocycles. The Morgan fingerprint density at radius 2 is 1.62 bits per heavy atom. The number of amides is 1. The summed E-state index contributed by atoms with van der Waals surface area (Å²) >= 11 is 6.35. The Kier molecular flexibility index (Phi) is 5.95. The average Bonchev–Trinajstić information content (AvgIpc) is 2.70. The highest BCUT2D eigenvalue weighted by Gasteiger charge is 2.18. The lowest BCUT2D eigenvalue weighted by Gasteiger charge is -2.11. The van der Waals surface area contributed by atoms with Gasteiger partial charge in [-0.2, -0.15) is 0 Å². The van der Waals surface area contributed by atoms with Crippen molar-refractivity contribution in [2.24, 2.45) is 0 Å². The summed E-state index contributed by atoms with van der Waals surface area (Å²) in [5.41, 5.74) is 0.292. The number of carbonyl (C=O) groups is 2. The maximum atomic E-state index is 14.4. The number of carboxylic acid groups (broad SMARTS) is 1. The van der Waals surface area contributed by atoms with E-state index in [-0.39, 0.29) is 27.5 Å². The number of carbonyl (C=O) groups excluding carboxylic acids is 1. The molecule has 1 amide bonds. The molecule has 0 saturated heterocycles. The Morgan fingerprint density at radius 3 is 2.28 bits per heavy atom. The second kappa shape index (κ2) is 8.58. The summed E-state index contributed by atoms with van der Waals surface area (Å²) in [4.78, 5) is 24.0. The van der Waals surface area contributed by atoms with E-state index in [0.29, 0.717) is 5.56 Å². The van der Waals surface area contributed by atoms with Crippen LogP contribution in [0.3, 0.4) is 0 Å². The zero-order valence-corrected chi connectivity index (χ0v) is 15.7. The fourth-order valence-electron chi connectivity index (χ4n) is 2.71. The van der Waals surface area contributed by atoms with Crippen LogP contribution in [0.4, 0.5) is 4.39 Å². The fourth-order valence-corrected chi connectivity index (χ4v) is 3.03. The molecule has 0 aliphatic rings. The van der Waals surface area contributed by atoms with Crippen LogP contribution in [0.2, 0.25) is 5.02 Å². The molecule has 146 valence electrons. The van der Waals surface area contributed by atoms with E-state index in [1.165, 1.54) is 36.4 Å². The Bertz CT molecular complexity index is 1110. The van der Waals surface area contributed by atoms with Crippen molar-refractivity contribution in [2.45, 2.75) is 0 Å². The van der Waals surface area contributed by atoms with Crippen LogP contribution >= 0.6 is 11.6 Å². The van der Waals surface area contributed by atoms with E-state index in [1.54, 1.807) is 30.3 Å². The van der Waals surface area contributed by atoms with Crippen LogP contribution in [0.5, 0.6) is 5.75 Å². The number of aliphatic carboxylic acids is 1. The van der Waals surface area contributed by atoms with Crippen LogP contribution in [0.15, 0.2) is 72.4 Å². The van der Waals surface area contributed by atoms with Gasteiger partial charge in [0.15, 0.2) is 0 Å². The van der Waals surface area contributed by atoms with E-state index in [0.717, 1.165) is 6.08 Å². The predicted octanol–water partition coefficient (Wildman–Crippen LogP) is 4.71. The zero-order valence-electron chi connectivity index (χ0n) is 14.9. The quantitative estimate of drug-likeness (QED) is 0.531. The Morgan fingerprint density at radius 1 is 0.966 bits per heavy atom. The van der Waals surface area contributed by atoms with Crippen molar-refractivity contribution in [3.63, 3.8) is 0 Å². The van der Waals surface area contributed by atoms with Crippen LogP contribution in [-0.4, -0.2) is 22.1 Å². The third kappa shape index (κ3) is 4.44. The molecule has 0 aliphatic carbocycles. The van der Waals surface area contributed by atoms with Crippen molar-refractivity contribution in [1.29, 1.82) is 0 Å².